The van der Waals surface area contributed by atoms with E-state index in [1.54, 1.807) is 38.1 Å². The van der Waals surface area contributed by atoms with E-state index in [4.69, 9.17) is 14.6 Å². The number of carboxylic acid groups (broad SMARTS) is 1. The molecule has 1 heterocycles. The minimum atomic E-state index is -4.45. The fourth-order valence-electron chi connectivity index (χ4n) is 3.23. The Morgan fingerprint density at radius 1 is 1.09 bits per heavy atom. The minimum absolute atomic E-state index is 0.0148. The molecular weight excluding hydrogens is 450 g/mol. The first-order chi connectivity index (χ1) is 15.7. The molecule has 3 N–H and O–H groups in total. The molecule has 1 aliphatic rings. The summed E-state index contributed by atoms with van der Waals surface area (Å²) in [4.78, 5) is 23.5. The number of aliphatic carboxylic acids is 1. The van der Waals surface area contributed by atoms with Gasteiger partial charge in [-0.3, -0.25) is 4.79 Å². The van der Waals surface area contributed by atoms with Crippen LogP contribution in [0.5, 0.6) is 5.75 Å². The van der Waals surface area contributed by atoms with Crippen molar-refractivity contribution in [3.05, 3.63) is 59.3 Å². The number of ether oxygens (including phenoxy) is 2. The van der Waals surface area contributed by atoms with Gasteiger partial charge in [-0.1, -0.05) is 18.2 Å². The molecule has 0 aliphatic carbocycles. The number of fused-ring (bicyclic) bond motifs is 1. The number of amidine groups is 1. The Hall–Kier alpha value is -3.86. The number of sulfonamides is 1. The van der Waals surface area contributed by atoms with Crippen LogP contribution < -0.4 is 15.4 Å². The van der Waals surface area contributed by atoms with Gasteiger partial charge in [0.1, 0.15) is 16.2 Å². The number of nitrogens with zero attached hydrogens (tertiary/aromatic N) is 1. The van der Waals surface area contributed by atoms with Crippen molar-refractivity contribution in [1.29, 1.82) is 0 Å². The van der Waals surface area contributed by atoms with Crippen LogP contribution in [0, 0.1) is 0 Å². The maximum absolute atomic E-state index is 13.3. The average molecular weight is 474 g/mol. The molecule has 2 aromatic rings. The number of carboxylic acids is 1. The fraction of sp³-hybridized carbons (Fsp3) is 0.227. The number of allylic oxidation sites excluding steroid dienone is 1. The lowest BCUT2D eigenvalue weighted by atomic mass is 10.1. The smallest absolute Gasteiger partial charge is 0.343 e. The molecule has 0 unspecified atom stereocenters. The number of nitrogens with one attached hydrogen (secondary N) is 2. The highest BCUT2D eigenvalue weighted by Gasteiger charge is 2.29. The lowest BCUT2D eigenvalue weighted by molar-refractivity contribution is -0.138. The highest BCUT2D eigenvalue weighted by molar-refractivity contribution is 7.90. The summed E-state index contributed by atoms with van der Waals surface area (Å²) in [6.45, 7) is 3.31. The molecule has 1 aliphatic heterocycles. The molecule has 0 spiro atoms. The van der Waals surface area contributed by atoms with E-state index in [2.05, 4.69) is 15.0 Å². The van der Waals surface area contributed by atoms with Gasteiger partial charge in [0, 0.05) is 5.70 Å². The quantitative estimate of drug-likeness (QED) is 0.517. The van der Waals surface area contributed by atoms with Gasteiger partial charge >= 0.3 is 11.9 Å². The minimum Gasteiger partial charge on any atom is -0.495 e. The van der Waals surface area contributed by atoms with Crippen LogP contribution in [0.3, 0.4) is 0 Å². The van der Waals surface area contributed by atoms with E-state index < -0.39 is 22.0 Å². The van der Waals surface area contributed by atoms with Crippen molar-refractivity contribution in [2.45, 2.75) is 25.2 Å². The van der Waals surface area contributed by atoms with Crippen molar-refractivity contribution in [3.8, 4) is 5.75 Å². The zero-order chi connectivity index (χ0) is 24.2. The van der Waals surface area contributed by atoms with Gasteiger partial charge in [-0.2, -0.15) is 8.42 Å². The van der Waals surface area contributed by atoms with E-state index in [1.165, 1.54) is 25.3 Å². The van der Waals surface area contributed by atoms with Crippen molar-refractivity contribution >= 4 is 39.2 Å². The topological polar surface area (TPSA) is 143 Å². The van der Waals surface area contributed by atoms with Gasteiger partial charge in [-0.15, -0.1) is 4.40 Å². The third-order valence-electron chi connectivity index (χ3n) is 4.67. The van der Waals surface area contributed by atoms with Crippen molar-refractivity contribution in [2.24, 2.45) is 4.40 Å². The summed E-state index contributed by atoms with van der Waals surface area (Å²) in [7, 11) is -3.16. The largest absolute Gasteiger partial charge is 0.495 e. The van der Waals surface area contributed by atoms with Crippen molar-refractivity contribution < 1.29 is 32.6 Å². The van der Waals surface area contributed by atoms with Crippen LogP contribution >= 0.6 is 0 Å². The summed E-state index contributed by atoms with van der Waals surface area (Å²) < 4.78 is 40.8. The van der Waals surface area contributed by atoms with Gasteiger partial charge in [-0.25, -0.2) is 4.79 Å². The first kappa shape index (κ1) is 23.8. The third kappa shape index (κ3) is 5.32. The summed E-state index contributed by atoms with van der Waals surface area (Å²) in [6.07, 6.45) is -0.383. The highest BCUT2D eigenvalue weighted by atomic mass is 32.2. The number of esters is 1. The van der Waals surface area contributed by atoms with Crippen LogP contribution in [0.4, 0.5) is 11.4 Å². The van der Waals surface area contributed by atoms with E-state index in [0.29, 0.717) is 17.1 Å². The summed E-state index contributed by atoms with van der Waals surface area (Å²) in [5.41, 5.74) is 1.61. The number of para-hydroxylation sites is 2. The normalized spacial score (nSPS) is 14.6. The number of rotatable bonds is 7. The molecule has 0 fully saturated rings. The molecular formula is C22H23N3O7S. The first-order valence-corrected chi connectivity index (χ1v) is 11.4. The third-order valence-corrected chi connectivity index (χ3v) is 5.96. The number of methoxy groups -OCH3 is 1. The van der Waals surface area contributed by atoms with E-state index in [1.807, 2.05) is 0 Å². The molecule has 0 aromatic heterocycles. The van der Waals surface area contributed by atoms with E-state index in [9.17, 15) is 18.0 Å². The Labute approximate surface area is 191 Å². The van der Waals surface area contributed by atoms with Gasteiger partial charge in [0.05, 0.1) is 31.5 Å². The molecule has 0 bridgehead atoms. The van der Waals surface area contributed by atoms with E-state index in [0.717, 1.165) is 0 Å². The number of hydrogen-bond donors (Lipinski definition) is 3. The number of carbonyl (C=O) groups is 2. The number of benzene rings is 2. The molecule has 11 heteroatoms. The lowest BCUT2D eigenvalue weighted by Gasteiger charge is -2.13. The monoisotopic (exact) mass is 473 g/mol. The van der Waals surface area contributed by atoms with Crippen LogP contribution in [0.25, 0.3) is 0 Å². The first-order valence-electron chi connectivity index (χ1n) is 9.91. The summed E-state index contributed by atoms with van der Waals surface area (Å²) in [5, 5.41) is 15.0. The SMILES string of the molecule is CCOC(=O)C1=C(C)Nc2ccccc2N/C1=N/S(=O)(=O)c1cc(CC(=O)O)ccc1OC. The standard InChI is InChI=1S/C22H23N3O7S/c1-4-32-22(28)20-13(2)23-15-7-5-6-8-16(15)24-21(20)25-33(29,30)18-11-14(12-19(26)27)9-10-17(18)31-3/h5-11,23H,4,12H2,1-3H3,(H,24,25)(H,26,27). The van der Waals surface area contributed by atoms with E-state index in [-0.39, 0.29) is 40.6 Å². The Morgan fingerprint density at radius 3 is 2.36 bits per heavy atom. The fourth-order valence-corrected chi connectivity index (χ4v) is 4.41. The molecule has 2 aromatic carbocycles. The second-order valence-corrected chi connectivity index (χ2v) is 8.56. The van der Waals surface area contributed by atoms with Crippen LogP contribution in [0.15, 0.2) is 63.0 Å². The highest BCUT2D eigenvalue weighted by Crippen LogP contribution is 2.31. The molecule has 0 radical (unpaired) electrons. The van der Waals surface area contributed by atoms with Crippen LogP contribution in [-0.2, 0) is 30.8 Å². The molecule has 10 nitrogen and oxygen atoms in total. The molecule has 0 amide bonds. The molecule has 3 rings (SSSR count). The molecule has 0 saturated heterocycles. The van der Waals surface area contributed by atoms with Crippen LogP contribution in [-0.4, -0.2) is 45.0 Å². The predicted molar refractivity (Wildman–Crippen MR) is 122 cm³/mol. The molecule has 174 valence electrons. The van der Waals surface area contributed by atoms with Crippen LogP contribution in [0.2, 0.25) is 0 Å². The molecule has 33 heavy (non-hydrogen) atoms. The van der Waals surface area contributed by atoms with Crippen molar-refractivity contribution in [2.75, 3.05) is 24.4 Å². The number of carbonyl (C=O) groups excluding carboxylic acids is 1. The van der Waals surface area contributed by atoms with Gasteiger partial charge < -0.3 is 25.2 Å². The van der Waals surface area contributed by atoms with Gasteiger partial charge in [0.15, 0.2) is 5.84 Å². The van der Waals surface area contributed by atoms with Crippen molar-refractivity contribution in [1.82, 2.24) is 0 Å². The number of anilines is 2. The maximum atomic E-state index is 13.3. The zero-order valence-electron chi connectivity index (χ0n) is 18.2. The lowest BCUT2D eigenvalue weighted by Crippen LogP contribution is -2.25. The van der Waals surface area contributed by atoms with Gasteiger partial charge in [0.2, 0.25) is 0 Å². The van der Waals surface area contributed by atoms with Crippen LogP contribution in [0.1, 0.15) is 19.4 Å². The Kier molecular flexibility index (Phi) is 7.02. The predicted octanol–water partition coefficient (Wildman–Crippen LogP) is 2.78. The summed E-state index contributed by atoms with van der Waals surface area (Å²) in [6, 6.07) is 11.0. The summed E-state index contributed by atoms with van der Waals surface area (Å²) >= 11 is 0. The Bertz CT molecular complexity index is 1270. The van der Waals surface area contributed by atoms with Crippen molar-refractivity contribution in [3.63, 3.8) is 0 Å². The zero-order valence-corrected chi connectivity index (χ0v) is 19.0. The molecule has 0 saturated carbocycles. The van der Waals surface area contributed by atoms with E-state index >= 15 is 0 Å². The van der Waals surface area contributed by atoms with Gasteiger partial charge in [-0.05, 0) is 43.7 Å². The second-order valence-electron chi connectivity index (χ2n) is 6.99. The second kappa shape index (κ2) is 9.74. The molecule has 0 atom stereocenters. The Morgan fingerprint density at radius 2 is 1.76 bits per heavy atom. The average Bonchev–Trinajstić information content (AvgIpc) is 2.88. The maximum Gasteiger partial charge on any atom is 0.343 e. The number of hydrogen-bond acceptors (Lipinski definition) is 7. The Balaban J connectivity index is 2.19. The summed E-state index contributed by atoms with van der Waals surface area (Å²) in [5.74, 6) is -2.14. The van der Waals surface area contributed by atoms with Gasteiger partial charge in [0.25, 0.3) is 10.0 Å².